The Bertz CT molecular complexity index is 151. The lowest BCUT2D eigenvalue weighted by Gasteiger charge is -2.41. The zero-order valence-electron chi connectivity index (χ0n) is 9.93. The molecule has 1 atom stereocenters. The summed E-state index contributed by atoms with van der Waals surface area (Å²) >= 11 is 0. The molecule has 0 aromatic rings. The van der Waals surface area contributed by atoms with E-state index in [0.29, 0.717) is 5.41 Å². The fraction of sp³-hybridized carbons (Fsp3) is 1.00. The first-order valence-electron chi connectivity index (χ1n) is 5.56. The number of rotatable bonds is 3. The van der Waals surface area contributed by atoms with Crippen molar-refractivity contribution in [3.63, 3.8) is 0 Å². The van der Waals surface area contributed by atoms with Crippen molar-refractivity contribution < 1.29 is 0 Å². The second-order valence-electron chi connectivity index (χ2n) is 5.99. The first kappa shape index (κ1) is 11.0. The molecule has 0 saturated heterocycles. The van der Waals surface area contributed by atoms with Crippen molar-refractivity contribution in [2.24, 2.45) is 11.3 Å². The molecule has 0 spiro atoms. The molecular weight excluding hydrogens is 158 g/mol. The normalized spacial score (nSPS) is 21.7. The predicted octanol–water partition coefficient (Wildman–Crippen LogP) is 3.15. The lowest BCUT2D eigenvalue weighted by atomic mass is 9.73. The fourth-order valence-electron chi connectivity index (χ4n) is 2.22. The third-order valence-corrected chi connectivity index (χ3v) is 3.18. The van der Waals surface area contributed by atoms with Crippen molar-refractivity contribution in [1.82, 2.24) is 4.90 Å². The van der Waals surface area contributed by atoms with Crippen LogP contribution in [0.25, 0.3) is 0 Å². The number of hydrogen-bond donors (Lipinski definition) is 0. The van der Waals surface area contributed by atoms with Crippen LogP contribution in [0.2, 0.25) is 0 Å². The molecule has 1 unspecified atom stereocenters. The van der Waals surface area contributed by atoms with Gasteiger partial charge in [-0.05, 0) is 44.7 Å². The highest BCUT2D eigenvalue weighted by molar-refractivity contribution is 4.85. The summed E-state index contributed by atoms with van der Waals surface area (Å²) in [5.74, 6) is 0.981. The summed E-state index contributed by atoms with van der Waals surface area (Å²) in [6.45, 7) is 7.05. The van der Waals surface area contributed by atoms with E-state index in [2.05, 4.69) is 39.8 Å². The van der Waals surface area contributed by atoms with E-state index in [4.69, 9.17) is 0 Å². The topological polar surface area (TPSA) is 3.24 Å². The summed E-state index contributed by atoms with van der Waals surface area (Å²) in [5, 5.41) is 0. The Balaban J connectivity index is 2.47. The maximum Gasteiger partial charge on any atom is 0.0122 e. The van der Waals surface area contributed by atoms with Gasteiger partial charge in [0.1, 0.15) is 0 Å². The maximum atomic E-state index is 2.43. The van der Waals surface area contributed by atoms with Gasteiger partial charge in [0.15, 0.2) is 0 Å². The maximum absolute atomic E-state index is 2.43. The van der Waals surface area contributed by atoms with Gasteiger partial charge in [0.25, 0.3) is 0 Å². The molecule has 13 heavy (non-hydrogen) atoms. The molecule has 1 nitrogen and oxygen atoms in total. The Hall–Kier alpha value is -0.0400. The highest BCUT2D eigenvalue weighted by Gasteiger charge is 2.31. The van der Waals surface area contributed by atoms with Crippen LogP contribution in [-0.2, 0) is 0 Å². The Morgan fingerprint density at radius 2 is 1.77 bits per heavy atom. The lowest BCUT2D eigenvalue weighted by Crippen LogP contribution is -2.41. The standard InChI is InChI=1S/C12H25N/c1-12(2,3)9-11(13(4)5)10-7-6-8-10/h10-11H,6-9H2,1-5H3. The van der Waals surface area contributed by atoms with Crippen molar-refractivity contribution in [2.45, 2.75) is 52.5 Å². The average Bonchev–Trinajstić information content (AvgIpc) is 1.78. The zero-order valence-corrected chi connectivity index (χ0v) is 9.93. The van der Waals surface area contributed by atoms with Gasteiger partial charge in [-0.3, -0.25) is 0 Å². The van der Waals surface area contributed by atoms with Crippen LogP contribution in [0.4, 0.5) is 0 Å². The second kappa shape index (κ2) is 4.00. The summed E-state index contributed by atoms with van der Waals surface area (Å²) in [6, 6.07) is 0.814. The van der Waals surface area contributed by atoms with Gasteiger partial charge in [-0.25, -0.2) is 0 Å². The molecule has 0 aromatic carbocycles. The molecule has 78 valence electrons. The molecule has 0 heterocycles. The Morgan fingerprint density at radius 3 is 2.00 bits per heavy atom. The van der Waals surface area contributed by atoms with Crippen LogP contribution in [0.15, 0.2) is 0 Å². The molecule has 1 rings (SSSR count). The van der Waals surface area contributed by atoms with E-state index in [0.717, 1.165) is 12.0 Å². The van der Waals surface area contributed by atoms with Gasteiger partial charge in [-0.15, -0.1) is 0 Å². The molecule has 1 heteroatoms. The van der Waals surface area contributed by atoms with Crippen LogP contribution in [0.3, 0.4) is 0 Å². The van der Waals surface area contributed by atoms with Crippen LogP contribution < -0.4 is 0 Å². The second-order valence-corrected chi connectivity index (χ2v) is 5.99. The minimum Gasteiger partial charge on any atom is -0.306 e. The molecule has 0 aromatic heterocycles. The third kappa shape index (κ3) is 3.30. The smallest absolute Gasteiger partial charge is 0.0122 e. The summed E-state index contributed by atoms with van der Waals surface area (Å²) in [6.07, 6.45) is 5.71. The first-order valence-corrected chi connectivity index (χ1v) is 5.56. The van der Waals surface area contributed by atoms with E-state index < -0.39 is 0 Å². The minimum absolute atomic E-state index is 0.477. The lowest BCUT2D eigenvalue weighted by molar-refractivity contribution is 0.101. The van der Waals surface area contributed by atoms with E-state index in [-0.39, 0.29) is 0 Å². The monoisotopic (exact) mass is 183 g/mol. The molecule has 0 bridgehead atoms. The highest BCUT2D eigenvalue weighted by atomic mass is 15.1. The van der Waals surface area contributed by atoms with Crippen LogP contribution in [0.1, 0.15) is 46.5 Å². The molecule has 1 aliphatic rings. The zero-order chi connectivity index (χ0) is 10.1. The summed E-state index contributed by atoms with van der Waals surface area (Å²) in [7, 11) is 4.46. The predicted molar refractivity (Wildman–Crippen MR) is 58.9 cm³/mol. The quantitative estimate of drug-likeness (QED) is 0.649. The van der Waals surface area contributed by atoms with E-state index >= 15 is 0 Å². The average molecular weight is 183 g/mol. The van der Waals surface area contributed by atoms with Crippen molar-refractivity contribution in [3.8, 4) is 0 Å². The van der Waals surface area contributed by atoms with Gasteiger partial charge < -0.3 is 4.90 Å². The molecule has 0 N–H and O–H groups in total. The molecule has 1 aliphatic carbocycles. The van der Waals surface area contributed by atoms with Gasteiger partial charge in [0, 0.05) is 6.04 Å². The van der Waals surface area contributed by atoms with Crippen molar-refractivity contribution in [1.29, 1.82) is 0 Å². The van der Waals surface area contributed by atoms with Gasteiger partial charge >= 0.3 is 0 Å². The van der Waals surface area contributed by atoms with Crippen LogP contribution in [-0.4, -0.2) is 25.0 Å². The summed E-state index contributed by atoms with van der Waals surface area (Å²) in [4.78, 5) is 2.43. The summed E-state index contributed by atoms with van der Waals surface area (Å²) in [5.41, 5.74) is 0.477. The van der Waals surface area contributed by atoms with E-state index in [1.54, 1.807) is 0 Å². The van der Waals surface area contributed by atoms with Gasteiger partial charge in [0.2, 0.25) is 0 Å². The van der Waals surface area contributed by atoms with Gasteiger partial charge in [-0.2, -0.15) is 0 Å². The van der Waals surface area contributed by atoms with Crippen LogP contribution >= 0.6 is 0 Å². The molecule has 1 saturated carbocycles. The molecule has 1 fully saturated rings. The van der Waals surface area contributed by atoms with E-state index in [1.165, 1.54) is 25.7 Å². The van der Waals surface area contributed by atoms with E-state index in [9.17, 15) is 0 Å². The van der Waals surface area contributed by atoms with Crippen molar-refractivity contribution in [2.75, 3.05) is 14.1 Å². The summed E-state index contributed by atoms with van der Waals surface area (Å²) < 4.78 is 0. The third-order valence-electron chi connectivity index (χ3n) is 3.18. The van der Waals surface area contributed by atoms with Crippen molar-refractivity contribution in [3.05, 3.63) is 0 Å². The molecule has 0 radical (unpaired) electrons. The van der Waals surface area contributed by atoms with Crippen LogP contribution in [0.5, 0.6) is 0 Å². The Labute approximate surface area is 83.5 Å². The van der Waals surface area contributed by atoms with Crippen molar-refractivity contribution >= 4 is 0 Å². The fourth-order valence-corrected chi connectivity index (χ4v) is 2.22. The number of hydrogen-bond acceptors (Lipinski definition) is 1. The van der Waals surface area contributed by atoms with Gasteiger partial charge in [-0.1, -0.05) is 27.2 Å². The van der Waals surface area contributed by atoms with Crippen LogP contribution in [0, 0.1) is 11.3 Å². The largest absolute Gasteiger partial charge is 0.306 e. The SMILES string of the molecule is CN(C)C(CC(C)(C)C)C1CCC1. The molecule has 0 amide bonds. The Morgan fingerprint density at radius 1 is 1.23 bits per heavy atom. The number of nitrogens with zero attached hydrogens (tertiary/aromatic N) is 1. The first-order chi connectivity index (χ1) is 5.90. The minimum atomic E-state index is 0.477. The Kier molecular flexibility index (Phi) is 3.39. The molecular formula is C12H25N. The highest BCUT2D eigenvalue weighted by Crippen LogP contribution is 2.36. The van der Waals surface area contributed by atoms with E-state index in [1.807, 2.05) is 0 Å². The van der Waals surface area contributed by atoms with Gasteiger partial charge in [0.05, 0.1) is 0 Å². The molecule has 0 aliphatic heterocycles.